The van der Waals surface area contributed by atoms with Crippen LogP contribution in [-0.2, 0) is 11.2 Å². The summed E-state index contributed by atoms with van der Waals surface area (Å²) in [5.41, 5.74) is 0.136. The van der Waals surface area contributed by atoms with Crippen molar-refractivity contribution in [3.8, 4) is 0 Å². The van der Waals surface area contributed by atoms with Gasteiger partial charge in [-0.15, -0.1) is 0 Å². The molecule has 0 unspecified atom stereocenters. The molecule has 2 heterocycles. The maximum Gasteiger partial charge on any atom is 0.137 e. The lowest BCUT2D eigenvalue weighted by molar-refractivity contribution is -0.0573. The van der Waals surface area contributed by atoms with Crippen LogP contribution < -0.4 is 4.90 Å². The normalized spacial score (nSPS) is 17.8. The molecule has 0 atom stereocenters. The summed E-state index contributed by atoms with van der Waals surface area (Å²) in [6.07, 6.45) is 3.08. The van der Waals surface area contributed by atoms with Gasteiger partial charge in [0.2, 0.25) is 0 Å². The number of aliphatic hydroxyl groups is 1. The summed E-state index contributed by atoms with van der Waals surface area (Å²) < 4.78 is 5.32. The number of aromatic nitrogens is 2. The highest BCUT2D eigenvalue weighted by molar-refractivity contribution is 6.30. The van der Waals surface area contributed by atoms with E-state index in [2.05, 4.69) is 16.9 Å². The van der Waals surface area contributed by atoms with Gasteiger partial charge in [-0.3, -0.25) is 0 Å². The molecular formula is C15H24ClN3O2. The molecule has 6 heteroatoms. The lowest BCUT2D eigenvalue weighted by Gasteiger charge is -2.36. The topological polar surface area (TPSA) is 58.5 Å². The molecule has 1 fully saturated rings. The van der Waals surface area contributed by atoms with Crippen molar-refractivity contribution in [2.45, 2.75) is 45.1 Å². The van der Waals surface area contributed by atoms with Crippen molar-refractivity contribution >= 4 is 17.4 Å². The second kappa shape index (κ2) is 6.90. The van der Waals surface area contributed by atoms with Crippen molar-refractivity contribution in [3.05, 3.63) is 16.5 Å². The number of hydrogen-bond acceptors (Lipinski definition) is 5. The maximum atomic E-state index is 10.6. The minimum Gasteiger partial charge on any atom is -0.388 e. The summed E-state index contributed by atoms with van der Waals surface area (Å²) in [6, 6.07) is 0. The molecule has 1 aliphatic heterocycles. The van der Waals surface area contributed by atoms with Crippen LogP contribution in [0, 0.1) is 6.92 Å². The Balaban J connectivity index is 2.19. The second-order valence-electron chi connectivity index (χ2n) is 5.82. The summed E-state index contributed by atoms with van der Waals surface area (Å²) in [5.74, 6) is 1.56. The van der Waals surface area contributed by atoms with E-state index in [0.29, 0.717) is 37.8 Å². The lowest BCUT2D eigenvalue weighted by Crippen LogP contribution is -2.46. The van der Waals surface area contributed by atoms with Gasteiger partial charge in [0.25, 0.3) is 0 Å². The van der Waals surface area contributed by atoms with Crippen LogP contribution in [0.15, 0.2) is 0 Å². The van der Waals surface area contributed by atoms with Crippen LogP contribution in [0.4, 0.5) is 5.82 Å². The van der Waals surface area contributed by atoms with Crippen LogP contribution in [-0.4, -0.2) is 47.5 Å². The number of aryl methyl sites for hydroxylation is 1. The Morgan fingerprint density at radius 2 is 2.00 bits per heavy atom. The molecule has 2 rings (SSSR count). The predicted molar refractivity (Wildman–Crippen MR) is 84.0 cm³/mol. The number of halogens is 1. The Morgan fingerprint density at radius 3 is 2.62 bits per heavy atom. The summed E-state index contributed by atoms with van der Waals surface area (Å²) in [6.45, 7) is 5.74. The lowest BCUT2D eigenvalue weighted by atomic mass is 9.94. The third-order valence-corrected chi connectivity index (χ3v) is 4.27. The largest absolute Gasteiger partial charge is 0.388 e. The van der Waals surface area contributed by atoms with Crippen LogP contribution >= 0.6 is 11.6 Å². The van der Waals surface area contributed by atoms with Crippen LogP contribution in [0.5, 0.6) is 0 Å². The van der Waals surface area contributed by atoms with E-state index in [1.165, 1.54) is 0 Å². The average Bonchev–Trinajstić information content (AvgIpc) is 2.43. The second-order valence-corrected chi connectivity index (χ2v) is 6.18. The molecule has 0 bridgehead atoms. The molecule has 118 valence electrons. The SMILES string of the molecule is CCCc1nc(Cl)c(C)c(N(C)CC2(O)CCOCC2)n1. The Morgan fingerprint density at radius 1 is 1.33 bits per heavy atom. The van der Waals surface area contributed by atoms with Crippen molar-refractivity contribution in [1.82, 2.24) is 9.97 Å². The Hall–Kier alpha value is -0.910. The van der Waals surface area contributed by atoms with Gasteiger partial charge < -0.3 is 14.7 Å². The van der Waals surface area contributed by atoms with E-state index in [1.807, 2.05) is 18.9 Å². The third kappa shape index (κ3) is 4.05. The Labute approximate surface area is 131 Å². The molecule has 1 saturated heterocycles. The zero-order chi connectivity index (χ0) is 15.5. The van der Waals surface area contributed by atoms with Crippen LogP contribution in [0.3, 0.4) is 0 Å². The zero-order valence-corrected chi connectivity index (χ0v) is 13.8. The molecule has 1 N–H and O–H groups in total. The van der Waals surface area contributed by atoms with Gasteiger partial charge in [0.15, 0.2) is 0 Å². The first kappa shape index (κ1) is 16.5. The molecule has 0 aliphatic carbocycles. The Kier molecular flexibility index (Phi) is 5.41. The molecule has 21 heavy (non-hydrogen) atoms. The van der Waals surface area contributed by atoms with Gasteiger partial charge in [-0.2, -0.15) is 0 Å². The molecule has 0 saturated carbocycles. The van der Waals surface area contributed by atoms with E-state index in [-0.39, 0.29) is 0 Å². The quantitative estimate of drug-likeness (QED) is 0.846. The highest BCUT2D eigenvalue weighted by Crippen LogP contribution is 2.27. The minimum absolute atomic E-state index is 0.495. The molecule has 1 aliphatic rings. The first-order valence-corrected chi connectivity index (χ1v) is 7.87. The standard InChI is InChI=1S/C15H24ClN3O2/c1-4-5-12-17-13(16)11(2)14(18-12)19(3)10-15(20)6-8-21-9-7-15/h20H,4-10H2,1-3H3. The third-order valence-electron chi connectivity index (χ3n) is 3.90. The van der Waals surface area contributed by atoms with Gasteiger partial charge >= 0.3 is 0 Å². The first-order valence-electron chi connectivity index (χ1n) is 7.49. The summed E-state index contributed by atoms with van der Waals surface area (Å²) in [7, 11) is 1.94. The van der Waals surface area contributed by atoms with Gasteiger partial charge in [0, 0.05) is 51.6 Å². The van der Waals surface area contributed by atoms with Crippen molar-refractivity contribution < 1.29 is 9.84 Å². The van der Waals surface area contributed by atoms with Crippen LogP contribution in [0.1, 0.15) is 37.6 Å². The molecule has 1 aromatic heterocycles. The summed E-state index contributed by atoms with van der Waals surface area (Å²) >= 11 is 6.22. The van der Waals surface area contributed by atoms with Gasteiger partial charge in [0.1, 0.15) is 16.8 Å². The maximum absolute atomic E-state index is 10.6. The highest BCUT2D eigenvalue weighted by Gasteiger charge is 2.32. The van der Waals surface area contributed by atoms with E-state index >= 15 is 0 Å². The van der Waals surface area contributed by atoms with Gasteiger partial charge in [-0.1, -0.05) is 18.5 Å². The molecule has 0 amide bonds. The first-order chi connectivity index (χ1) is 9.95. The predicted octanol–water partition coefficient (Wildman–Crippen LogP) is 2.37. The zero-order valence-electron chi connectivity index (χ0n) is 13.0. The molecule has 1 aromatic rings. The fourth-order valence-corrected chi connectivity index (χ4v) is 2.84. The fourth-order valence-electron chi connectivity index (χ4n) is 2.65. The van der Waals surface area contributed by atoms with Crippen molar-refractivity contribution in [3.63, 3.8) is 0 Å². The summed E-state index contributed by atoms with van der Waals surface area (Å²) in [4.78, 5) is 10.9. The molecule has 0 aromatic carbocycles. The van der Waals surface area contributed by atoms with Crippen molar-refractivity contribution in [2.24, 2.45) is 0 Å². The van der Waals surface area contributed by atoms with E-state index in [9.17, 15) is 5.11 Å². The summed E-state index contributed by atoms with van der Waals surface area (Å²) in [5, 5.41) is 11.1. The molecule has 0 spiro atoms. The molecule has 0 radical (unpaired) electrons. The minimum atomic E-state index is -0.720. The number of nitrogens with zero attached hydrogens (tertiary/aromatic N) is 3. The number of hydrogen-bond donors (Lipinski definition) is 1. The number of rotatable bonds is 5. The number of likely N-dealkylation sites (N-methyl/N-ethyl adjacent to an activating group) is 1. The van der Waals surface area contributed by atoms with E-state index in [0.717, 1.165) is 30.0 Å². The van der Waals surface area contributed by atoms with E-state index in [4.69, 9.17) is 16.3 Å². The van der Waals surface area contributed by atoms with Gasteiger partial charge in [-0.25, -0.2) is 9.97 Å². The van der Waals surface area contributed by atoms with Gasteiger partial charge in [0.05, 0.1) is 5.60 Å². The average molecular weight is 314 g/mol. The highest BCUT2D eigenvalue weighted by atomic mass is 35.5. The van der Waals surface area contributed by atoms with E-state index in [1.54, 1.807) is 0 Å². The fraction of sp³-hybridized carbons (Fsp3) is 0.733. The van der Waals surface area contributed by atoms with E-state index < -0.39 is 5.60 Å². The van der Waals surface area contributed by atoms with Crippen LogP contribution in [0.2, 0.25) is 5.15 Å². The molecule has 5 nitrogen and oxygen atoms in total. The smallest absolute Gasteiger partial charge is 0.137 e. The monoisotopic (exact) mass is 313 g/mol. The molecular weight excluding hydrogens is 290 g/mol. The number of ether oxygens (including phenoxy) is 1. The van der Waals surface area contributed by atoms with Crippen molar-refractivity contribution in [1.29, 1.82) is 0 Å². The Bertz CT molecular complexity index is 490. The van der Waals surface area contributed by atoms with Gasteiger partial charge in [-0.05, 0) is 13.3 Å². The van der Waals surface area contributed by atoms with Crippen LogP contribution in [0.25, 0.3) is 0 Å². The number of anilines is 1. The van der Waals surface area contributed by atoms with Crippen molar-refractivity contribution in [2.75, 3.05) is 31.7 Å².